The largest absolute Gasteiger partial charge is 0.276 e. The summed E-state index contributed by atoms with van der Waals surface area (Å²) in [7, 11) is 1.93. The van der Waals surface area contributed by atoms with Crippen molar-refractivity contribution in [2.75, 3.05) is 0 Å². The number of rotatable bonds is 4. The lowest BCUT2D eigenvalue weighted by molar-refractivity contribution is 0.331. The number of hydrogen-bond acceptors (Lipinski definition) is 1. The van der Waals surface area contributed by atoms with Crippen molar-refractivity contribution in [1.29, 1.82) is 0 Å². The zero-order valence-corrected chi connectivity index (χ0v) is 12.5. The highest BCUT2D eigenvalue weighted by Crippen LogP contribution is 2.27. The molecule has 2 heteroatoms. The fraction of sp³-hybridized carbons (Fsp3) is 0.812. The van der Waals surface area contributed by atoms with E-state index in [0.717, 1.165) is 18.0 Å². The van der Waals surface area contributed by atoms with Crippen molar-refractivity contribution in [3.05, 3.63) is 18.0 Å². The van der Waals surface area contributed by atoms with Crippen molar-refractivity contribution in [2.24, 2.45) is 13.0 Å². The normalized spacial score (nSPS) is 16.2. The second-order valence-corrected chi connectivity index (χ2v) is 5.48. The molecule has 104 valence electrons. The van der Waals surface area contributed by atoms with Crippen LogP contribution in [0.15, 0.2) is 12.3 Å². The monoisotopic (exact) mass is 250 g/mol. The Balaban J connectivity index is 0.000000184. The van der Waals surface area contributed by atoms with Gasteiger partial charge >= 0.3 is 0 Å². The Kier molecular flexibility index (Phi) is 7.79. The molecule has 0 unspecified atom stereocenters. The molecular weight excluding hydrogens is 220 g/mol. The van der Waals surface area contributed by atoms with Gasteiger partial charge in [-0.1, -0.05) is 65.2 Å². The van der Waals surface area contributed by atoms with Gasteiger partial charge in [-0.3, -0.25) is 4.68 Å². The lowest BCUT2D eigenvalue weighted by Gasteiger charge is -2.20. The summed E-state index contributed by atoms with van der Waals surface area (Å²) in [6.45, 7) is 4.39. The quantitative estimate of drug-likeness (QED) is 0.754. The van der Waals surface area contributed by atoms with Gasteiger partial charge in [0.05, 0.1) is 5.69 Å². The van der Waals surface area contributed by atoms with Crippen molar-refractivity contribution >= 4 is 0 Å². The van der Waals surface area contributed by atoms with Crippen LogP contribution in [0.25, 0.3) is 0 Å². The first kappa shape index (κ1) is 15.3. The Hall–Kier alpha value is -0.790. The maximum absolute atomic E-state index is 4.15. The van der Waals surface area contributed by atoms with E-state index in [2.05, 4.69) is 18.9 Å². The fourth-order valence-corrected chi connectivity index (χ4v) is 2.62. The molecule has 0 atom stereocenters. The topological polar surface area (TPSA) is 17.8 Å². The number of unbranched alkanes of at least 4 members (excludes halogenated alkanes) is 1. The third kappa shape index (κ3) is 6.23. The molecule has 0 amide bonds. The molecule has 1 saturated carbocycles. The van der Waals surface area contributed by atoms with E-state index >= 15 is 0 Å². The number of nitrogens with zero attached hydrogens (tertiary/aromatic N) is 2. The third-order valence-electron chi connectivity index (χ3n) is 3.82. The van der Waals surface area contributed by atoms with Gasteiger partial charge in [-0.25, -0.2) is 0 Å². The predicted octanol–water partition coefficient (Wildman–Crippen LogP) is 4.74. The van der Waals surface area contributed by atoms with Crippen molar-refractivity contribution in [3.8, 4) is 0 Å². The first-order valence-corrected chi connectivity index (χ1v) is 7.74. The fourth-order valence-electron chi connectivity index (χ4n) is 2.62. The van der Waals surface area contributed by atoms with E-state index in [4.69, 9.17) is 0 Å². The molecule has 2 rings (SSSR count). The van der Waals surface area contributed by atoms with Crippen LogP contribution in [0.3, 0.4) is 0 Å². The molecule has 0 aliphatic heterocycles. The van der Waals surface area contributed by atoms with Crippen molar-refractivity contribution in [3.63, 3.8) is 0 Å². The van der Waals surface area contributed by atoms with E-state index in [1.807, 2.05) is 24.0 Å². The van der Waals surface area contributed by atoms with Crippen LogP contribution >= 0.6 is 0 Å². The van der Waals surface area contributed by atoms with Gasteiger partial charge in [0.2, 0.25) is 0 Å². The zero-order valence-electron chi connectivity index (χ0n) is 12.5. The Bertz CT molecular complexity index is 298. The van der Waals surface area contributed by atoms with Crippen LogP contribution in [-0.4, -0.2) is 9.78 Å². The molecule has 0 saturated heterocycles. The number of hydrogen-bond donors (Lipinski definition) is 0. The van der Waals surface area contributed by atoms with Gasteiger partial charge in [0.15, 0.2) is 0 Å². The standard InChI is InChI=1S/C10H20.C6H10N2/c1-2-3-7-10-8-5-4-6-9-10;1-3-6-4-5-8(2)7-6/h10H,2-9H2,1H3;4-5H,3H2,1-2H3. The van der Waals surface area contributed by atoms with Gasteiger partial charge in [0.1, 0.15) is 0 Å². The van der Waals surface area contributed by atoms with E-state index in [1.165, 1.54) is 51.4 Å². The Labute approximate surface area is 113 Å². The molecule has 18 heavy (non-hydrogen) atoms. The van der Waals surface area contributed by atoms with E-state index in [9.17, 15) is 0 Å². The van der Waals surface area contributed by atoms with Crippen LogP contribution in [0.1, 0.15) is 70.9 Å². The zero-order chi connectivity index (χ0) is 13.2. The van der Waals surface area contributed by atoms with Crippen molar-refractivity contribution < 1.29 is 0 Å². The maximum atomic E-state index is 4.15. The van der Waals surface area contributed by atoms with E-state index < -0.39 is 0 Å². The summed E-state index contributed by atoms with van der Waals surface area (Å²) in [6, 6.07) is 2.03. The van der Waals surface area contributed by atoms with E-state index in [0.29, 0.717) is 0 Å². The lowest BCUT2D eigenvalue weighted by atomic mass is 9.86. The van der Waals surface area contributed by atoms with Crippen LogP contribution in [0.2, 0.25) is 0 Å². The summed E-state index contributed by atoms with van der Waals surface area (Å²) >= 11 is 0. The highest BCUT2D eigenvalue weighted by molar-refractivity contribution is 4.97. The van der Waals surface area contributed by atoms with Gasteiger partial charge in [-0.05, 0) is 18.4 Å². The molecule has 0 aromatic carbocycles. The third-order valence-corrected chi connectivity index (χ3v) is 3.82. The van der Waals surface area contributed by atoms with Gasteiger partial charge in [0.25, 0.3) is 0 Å². The first-order chi connectivity index (χ1) is 8.76. The maximum Gasteiger partial charge on any atom is 0.0621 e. The molecule has 1 fully saturated rings. The molecule has 0 bridgehead atoms. The van der Waals surface area contributed by atoms with Crippen molar-refractivity contribution in [2.45, 2.75) is 71.6 Å². The van der Waals surface area contributed by atoms with Crippen LogP contribution in [0, 0.1) is 5.92 Å². The summed E-state index contributed by atoms with van der Waals surface area (Å²) in [6.07, 6.45) is 14.9. The van der Waals surface area contributed by atoms with Gasteiger partial charge < -0.3 is 0 Å². The summed E-state index contributed by atoms with van der Waals surface area (Å²) in [5.74, 6) is 1.11. The second kappa shape index (κ2) is 9.18. The molecule has 1 aliphatic carbocycles. The number of aromatic nitrogens is 2. The first-order valence-electron chi connectivity index (χ1n) is 7.74. The van der Waals surface area contributed by atoms with Gasteiger partial charge in [-0.2, -0.15) is 5.10 Å². The molecule has 0 radical (unpaired) electrons. The molecule has 1 aromatic rings. The lowest BCUT2D eigenvalue weighted by Crippen LogP contribution is -2.05. The SMILES string of the molecule is CCCCC1CCCCC1.CCc1ccn(C)n1. The minimum atomic E-state index is 1.03. The number of aryl methyl sites for hydroxylation is 2. The average Bonchev–Trinajstić information content (AvgIpc) is 2.84. The smallest absolute Gasteiger partial charge is 0.0621 e. The summed E-state index contributed by atoms with van der Waals surface area (Å²) in [4.78, 5) is 0. The Morgan fingerprint density at radius 2 is 1.94 bits per heavy atom. The highest BCUT2D eigenvalue weighted by Gasteiger charge is 2.11. The van der Waals surface area contributed by atoms with Crippen LogP contribution < -0.4 is 0 Å². The molecule has 0 N–H and O–H groups in total. The average molecular weight is 250 g/mol. The molecule has 1 aliphatic rings. The van der Waals surface area contributed by atoms with E-state index in [-0.39, 0.29) is 0 Å². The highest BCUT2D eigenvalue weighted by atomic mass is 15.2. The van der Waals surface area contributed by atoms with Crippen LogP contribution in [-0.2, 0) is 13.5 Å². The molecule has 0 spiro atoms. The minimum absolute atomic E-state index is 1.03. The molecular formula is C16H30N2. The minimum Gasteiger partial charge on any atom is -0.276 e. The summed E-state index contributed by atoms with van der Waals surface area (Å²) < 4.78 is 1.82. The Morgan fingerprint density at radius 3 is 2.39 bits per heavy atom. The summed E-state index contributed by atoms with van der Waals surface area (Å²) in [5, 5.41) is 4.15. The van der Waals surface area contributed by atoms with Gasteiger partial charge in [-0.15, -0.1) is 0 Å². The molecule has 1 aromatic heterocycles. The molecule has 2 nitrogen and oxygen atoms in total. The Morgan fingerprint density at radius 1 is 1.22 bits per heavy atom. The van der Waals surface area contributed by atoms with Crippen LogP contribution in [0.5, 0.6) is 0 Å². The molecule has 1 heterocycles. The predicted molar refractivity (Wildman–Crippen MR) is 78.7 cm³/mol. The van der Waals surface area contributed by atoms with Crippen molar-refractivity contribution in [1.82, 2.24) is 9.78 Å². The van der Waals surface area contributed by atoms with Crippen LogP contribution in [0.4, 0.5) is 0 Å². The second-order valence-electron chi connectivity index (χ2n) is 5.48. The summed E-state index contributed by atoms with van der Waals surface area (Å²) in [5.41, 5.74) is 1.16. The van der Waals surface area contributed by atoms with Gasteiger partial charge in [0, 0.05) is 13.2 Å². The van der Waals surface area contributed by atoms with E-state index in [1.54, 1.807) is 0 Å².